The standard InChI is InChI=1S/C15H15FN2O/c1-10-3-2-4-14(5-10)19-9-11-6-12(15(17)18)8-13(16)7-11/h2-8H,9H2,1H3,(H3,17,18). The van der Waals surface area contributed by atoms with Crippen LogP contribution in [0.15, 0.2) is 42.5 Å². The Morgan fingerprint density at radius 1 is 1.26 bits per heavy atom. The van der Waals surface area contributed by atoms with Crippen LogP contribution in [0.4, 0.5) is 4.39 Å². The molecule has 98 valence electrons. The van der Waals surface area contributed by atoms with Gasteiger partial charge in [-0.15, -0.1) is 0 Å². The van der Waals surface area contributed by atoms with Crippen molar-refractivity contribution in [2.75, 3.05) is 0 Å². The number of nitrogen functional groups attached to an aromatic ring is 1. The highest BCUT2D eigenvalue weighted by Crippen LogP contribution is 2.16. The maximum absolute atomic E-state index is 13.4. The predicted molar refractivity (Wildman–Crippen MR) is 72.9 cm³/mol. The summed E-state index contributed by atoms with van der Waals surface area (Å²) in [7, 11) is 0. The molecule has 0 spiro atoms. The molecule has 0 aliphatic carbocycles. The molecule has 0 aliphatic rings. The zero-order valence-corrected chi connectivity index (χ0v) is 10.6. The third kappa shape index (κ3) is 3.55. The van der Waals surface area contributed by atoms with Crippen LogP contribution in [0.3, 0.4) is 0 Å². The summed E-state index contributed by atoms with van der Waals surface area (Å²) in [5.41, 5.74) is 7.46. The molecule has 0 fully saturated rings. The van der Waals surface area contributed by atoms with E-state index < -0.39 is 5.82 Å². The fourth-order valence-corrected chi connectivity index (χ4v) is 1.76. The molecule has 4 heteroatoms. The summed E-state index contributed by atoms with van der Waals surface area (Å²) >= 11 is 0. The van der Waals surface area contributed by atoms with Gasteiger partial charge in [-0.2, -0.15) is 0 Å². The van der Waals surface area contributed by atoms with Gasteiger partial charge < -0.3 is 10.5 Å². The number of amidine groups is 1. The lowest BCUT2D eigenvalue weighted by molar-refractivity contribution is 0.305. The minimum Gasteiger partial charge on any atom is -0.489 e. The summed E-state index contributed by atoms with van der Waals surface area (Å²) in [5.74, 6) is 0.153. The number of nitrogens with one attached hydrogen (secondary N) is 1. The summed E-state index contributed by atoms with van der Waals surface area (Å²) in [6.07, 6.45) is 0. The molecule has 0 heterocycles. The smallest absolute Gasteiger partial charge is 0.124 e. The largest absolute Gasteiger partial charge is 0.489 e. The summed E-state index contributed by atoms with van der Waals surface area (Å²) in [5, 5.41) is 7.32. The topological polar surface area (TPSA) is 59.1 Å². The van der Waals surface area contributed by atoms with E-state index in [-0.39, 0.29) is 12.4 Å². The summed E-state index contributed by atoms with van der Waals surface area (Å²) in [4.78, 5) is 0. The Morgan fingerprint density at radius 3 is 2.74 bits per heavy atom. The van der Waals surface area contributed by atoms with Crippen molar-refractivity contribution in [3.8, 4) is 5.75 Å². The molecule has 0 radical (unpaired) electrons. The molecular formula is C15H15FN2O. The summed E-state index contributed by atoms with van der Waals surface area (Å²) in [6, 6.07) is 11.9. The van der Waals surface area contributed by atoms with Gasteiger partial charge in [0.1, 0.15) is 24.0 Å². The van der Waals surface area contributed by atoms with E-state index in [1.165, 1.54) is 12.1 Å². The van der Waals surface area contributed by atoms with Crippen LogP contribution in [0.2, 0.25) is 0 Å². The third-order valence-electron chi connectivity index (χ3n) is 2.66. The van der Waals surface area contributed by atoms with E-state index in [4.69, 9.17) is 15.9 Å². The molecule has 3 nitrogen and oxygen atoms in total. The number of benzene rings is 2. The molecule has 0 saturated heterocycles. The first-order valence-corrected chi connectivity index (χ1v) is 5.88. The zero-order valence-electron chi connectivity index (χ0n) is 10.6. The van der Waals surface area contributed by atoms with Crippen LogP contribution in [0, 0.1) is 18.2 Å². The molecule has 3 N–H and O–H groups in total. The quantitative estimate of drug-likeness (QED) is 0.654. The van der Waals surface area contributed by atoms with E-state index in [1.807, 2.05) is 31.2 Å². The average Bonchev–Trinajstić information content (AvgIpc) is 2.36. The van der Waals surface area contributed by atoms with Gasteiger partial charge in [-0.1, -0.05) is 12.1 Å². The average molecular weight is 258 g/mol. The van der Waals surface area contributed by atoms with Crippen LogP contribution in [0.5, 0.6) is 5.75 Å². The van der Waals surface area contributed by atoms with Crippen molar-refractivity contribution in [2.24, 2.45) is 5.73 Å². The molecule has 0 aromatic heterocycles. The van der Waals surface area contributed by atoms with Gasteiger partial charge in [0.05, 0.1) is 0 Å². The van der Waals surface area contributed by atoms with Crippen molar-refractivity contribution in [3.05, 3.63) is 65.0 Å². The highest BCUT2D eigenvalue weighted by atomic mass is 19.1. The molecule has 0 unspecified atom stereocenters. The molecule has 0 saturated carbocycles. The predicted octanol–water partition coefficient (Wildman–Crippen LogP) is 3.00. The first-order chi connectivity index (χ1) is 9.04. The van der Waals surface area contributed by atoms with Crippen molar-refractivity contribution >= 4 is 5.84 Å². The Morgan fingerprint density at radius 2 is 2.05 bits per heavy atom. The van der Waals surface area contributed by atoms with E-state index >= 15 is 0 Å². The number of hydrogen-bond donors (Lipinski definition) is 2. The number of ether oxygens (including phenoxy) is 1. The SMILES string of the molecule is Cc1cccc(OCc2cc(F)cc(C(=N)N)c2)c1. The lowest BCUT2D eigenvalue weighted by Crippen LogP contribution is -2.12. The monoisotopic (exact) mass is 258 g/mol. The first kappa shape index (κ1) is 13.1. The second kappa shape index (κ2) is 5.52. The fraction of sp³-hybridized carbons (Fsp3) is 0.133. The molecule has 0 aliphatic heterocycles. The van der Waals surface area contributed by atoms with Gasteiger partial charge in [0.15, 0.2) is 0 Å². The molecule has 2 rings (SSSR count). The number of nitrogens with two attached hydrogens (primary N) is 1. The van der Waals surface area contributed by atoms with Crippen LogP contribution in [-0.2, 0) is 6.61 Å². The highest BCUT2D eigenvalue weighted by molar-refractivity contribution is 5.95. The van der Waals surface area contributed by atoms with Crippen molar-refractivity contribution in [1.29, 1.82) is 5.41 Å². The van der Waals surface area contributed by atoms with Crippen LogP contribution in [0.1, 0.15) is 16.7 Å². The Kier molecular flexibility index (Phi) is 3.80. The van der Waals surface area contributed by atoms with Crippen molar-refractivity contribution in [1.82, 2.24) is 0 Å². The van der Waals surface area contributed by atoms with Crippen LogP contribution in [0.25, 0.3) is 0 Å². The van der Waals surface area contributed by atoms with Gasteiger partial charge in [0.2, 0.25) is 0 Å². The molecule has 0 amide bonds. The van der Waals surface area contributed by atoms with Crippen molar-refractivity contribution in [3.63, 3.8) is 0 Å². The van der Waals surface area contributed by atoms with E-state index in [9.17, 15) is 4.39 Å². The van der Waals surface area contributed by atoms with Gasteiger partial charge in [-0.05, 0) is 48.4 Å². The molecule has 0 bridgehead atoms. The molecular weight excluding hydrogens is 243 g/mol. The maximum atomic E-state index is 13.4. The molecule has 2 aromatic rings. The Labute approximate surface area is 111 Å². The minimum absolute atomic E-state index is 0.156. The maximum Gasteiger partial charge on any atom is 0.124 e. The van der Waals surface area contributed by atoms with Crippen molar-refractivity contribution < 1.29 is 9.13 Å². The lowest BCUT2D eigenvalue weighted by Gasteiger charge is -2.08. The number of aryl methyl sites for hydroxylation is 1. The molecule has 19 heavy (non-hydrogen) atoms. The van der Waals surface area contributed by atoms with Crippen LogP contribution in [-0.4, -0.2) is 5.84 Å². The van der Waals surface area contributed by atoms with E-state index in [1.54, 1.807) is 6.07 Å². The summed E-state index contributed by atoms with van der Waals surface area (Å²) < 4.78 is 19.0. The molecule has 2 aromatic carbocycles. The van der Waals surface area contributed by atoms with Crippen LogP contribution < -0.4 is 10.5 Å². The third-order valence-corrected chi connectivity index (χ3v) is 2.66. The fourth-order valence-electron chi connectivity index (χ4n) is 1.76. The minimum atomic E-state index is -0.421. The van der Waals surface area contributed by atoms with Gasteiger partial charge in [-0.3, -0.25) is 5.41 Å². The first-order valence-electron chi connectivity index (χ1n) is 5.88. The Balaban J connectivity index is 2.13. The number of rotatable bonds is 4. The second-order valence-electron chi connectivity index (χ2n) is 4.37. The van der Waals surface area contributed by atoms with E-state index in [2.05, 4.69) is 0 Å². The normalized spacial score (nSPS) is 10.2. The van der Waals surface area contributed by atoms with Crippen LogP contribution >= 0.6 is 0 Å². The van der Waals surface area contributed by atoms with E-state index in [0.717, 1.165) is 11.3 Å². The Hall–Kier alpha value is -2.36. The summed E-state index contributed by atoms with van der Waals surface area (Å²) in [6.45, 7) is 2.21. The van der Waals surface area contributed by atoms with Gasteiger partial charge >= 0.3 is 0 Å². The van der Waals surface area contributed by atoms with Crippen molar-refractivity contribution in [2.45, 2.75) is 13.5 Å². The number of halogens is 1. The van der Waals surface area contributed by atoms with E-state index in [0.29, 0.717) is 11.1 Å². The second-order valence-corrected chi connectivity index (χ2v) is 4.37. The molecule has 0 atom stereocenters. The Bertz CT molecular complexity index is 611. The highest BCUT2D eigenvalue weighted by Gasteiger charge is 2.04. The van der Waals surface area contributed by atoms with Gasteiger partial charge in [0, 0.05) is 5.56 Å². The number of hydrogen-bond acceptors (Lipinski definition) is 2. The lowest BCUT2D eigenvalue weighted by atomic mass is 10.1. The zero-order chi connectivity index (χ0) is 13.8. The van der Waals surface area contributed by atoms with Gasteiger partial charge in [0.25, 0.3) is 0 Å². The van der Waals surface area contributed by atoms with Gasteiger partial charge in [-0.25, -0.2) is 4.39 Å².